The molecule has 0 atom stereocenters. The molecule has 32 heavy (non-hydrogen) atoms. The van der Waals surface area contributed by atoms with Crippen molar-refractivity contribution in [3.05, 3.63) is 59.5 Å². The van der Waals surface area contributed by atoms with Gasteiger partial charge in [-0.1, -0.05) is 12.1 Å². The second-order valence-electron chi connectivity index (χ2n) is 10.2. The van der Waals surface area contributed by atoms with Gasteiger partial charge in [-0.05, 0) is 63.6 Å². The zero-order valence-electron chi connectivity index (χ0n) is 18.9. The molecule has 1 aliphatic heterocycles. The van der Waals surface area contributed by atoms with E-state index in [0.29, 0.717) is 25.1 Å². The van der Waals surface area contributed by atoms with Crippen LogP contribution in [0.5, 0.6) is 0 Å². The van der Waals surface area contributed by atoms with Crippen molar-refractivity contribution in [1.82, 2.24) is 24.9 Å². The highest BCUT2D eigenvalue weighted by atomic mass is 16.2. The molecule has 5 rings (SSSR count). The van der Waals surface area contributed by atoms with Crippen LogP contribution in [0, 0.1) is 5.41 Å². The molecule has 3 heterocycles. The zero-order valence-corrected chi connectivity index (χ0v) is 18.9. The summed E-state index contributed by atoms with van der Waals surface area (Å²) in [6, 6.07) is 9.55. The molecule has 2 aromatic heterocycles. The van der Waals surface area contributed by atoms with Gasteiger partial charge in [0.25, 0.3) is 5.91 Å². The lowest BCUT2D eigenvalue weighted by Gasteiger charge is -2.43. The molecule has 1 amide bonds. The van der Waals surface area contributed by atoms with Gasteiger partial charge in [0.15, 0.2) is 5.78 Å². The van der Waals surface area contributed by atoms with Crippen molar-refractivity contribution in [1.29, 1.82) is 0 Å². The molecule has 7 nitrogen and oxygen atoms in total. The van der Waals surface area contributed by atoms with Crippen LogP contribution in [0.1, 0.15) is 66.4 Å². The van der Waals surface area contributed by atoms with Crippen LogP contribution in [0.2, 0.25) is 0 Å². The number of nitrogens with one attached hydrogen (secondary N) is 1. The van der Waals surface area contributed by atoms with Gasteiger partial charge in [0.2, 0.25) is 0 Å². The van der Waals surface area contributed by atoms with Crippen LogP contribution < -0.4 is 0 Å². The van der Waals surface area contributed by atoms with E-state index in [9.17, 15) is 9.59 Å². The molecule has 0 saturated carbocycles. The summed E-state index contributed by atoms with van der Waals surface area (Å²) in [6.07, 6.45) is 6.66. The Morgan fingerprint density at radius 2 is 1.91 bits per heavy atom. The van der Waals surface area contributed by atoms with Crippen molar-refractivity contribution in [2.75, 3.05) is 13.1 Å². The Balaban J connectivity index is 1.30. The zero-order chi connectivity index (χ0) is 22.5. The highest BCUT2D eigenvalue weighted by molar-refractivity contribution is 5.98. The number of Topliss-reactive ketones (excluding diaryl/α,β-unsaturated/α-hetero) is 1. The van der Waals surface area contributed by atoms with Gasteiger partial charge in [-0.15, -0.1) is 0 Å². The first-order valence-electron chi connectivity index (χ1n) is 11.3. The van der Waals surface area contributed by atoms with Gasteiger partial charge in [0.1, 0.15) is 5.69 Å². The van der Waals surface area contributed by atoms with E-state index < -0.39 is 0 Å². The normalized spacial score (nSPS) is 18.1. The van der Waals surface area contributed by atoms with E-state index in [2.05, 4.69) is 36.1 Å². The minimum absolute atomic E-state index is 0.0459. The maximum absolute atomic E-state index is 13.2. The Morgan fingerprint density at radius 1 is 1.12 bits per heavy atom. The summed E-state index contributed by atoms with van der Waals surface area (Å²) in [5.74, 6) is 0.232. The first-order chi connectivity index (χ1) is 15.3. The molecule has 1 aromatic carbocycles. The Morgan fingerprint density at radius 3 is 2.59 bits per heavy atom. The predicted octanol–water partition coefficient (Wildman–Crippen LogP) is 4.08. The van der Waals surface area contributed by atoms with E-state index in [-0.39, 0.29) is 22.6 Å². The van der Waals surface area contributed by atoms with E-state index in [1.54, 1.807) is 6.20 Å². The van der Waals surface area contributed by atoms with E-state index in [1.165, 1.54) is 0 Å². The second-order valence-corrected chi connectivity index (χ2v) is 10.2. The van der Waals surface area contributed by atoms with Crippen LogP contribution in [0.15, 0.2) is 42.7 Å². The SMILES string of the molecule is CC(C)(C)n1ncc2c1C(=O)CC1(CCN(C(=O)c3cccc(-c4ccn[nH]4)c3)CC1)C2. The van der Waals surface area contributed by atoms with Gasteiger partial charge in [0, 0.05) is 42.4 Å². The van der Waals surface area contributed by atoms with Crippen LogP contribution in [-0.4, -0.2) is 49.7 Å². The molecule has 1 spiro atoms. The highest BCUT2D eigenvalue weighted by Gasteiger charge is 2.44. The van der Waals surface area contributed by atoms with Crippen LogP contribution in [0.3, 0.4) is 0 Å². The number of hydrogen-bond acceptors (Lipinski definition) is 4. The molecule has 1 fully saturated rings. The smallest absolute Gasteiger partial charge is 0.253 e. The number of piperidine rings is 1. The summed E-state index contributed by atoms with van der Waals surface area (Å²) in [6.45, 7) is 7.56. The van der Waals surface area contributed by atoms with Crippen molar-refractivity contribution in [2.45, 2.75) is 52.0 Å². The summed E-state index contributed by atoms with van der Waals surface area (Å²) < 4.78 is 1.88. The number of aromatic amines is 1. The predicted molar refractivity (Wildman–Crippen MR) is 121 cm³/mol. The second kappa shape index (κ2) is 7.43. The summed E-state index contributed by atoms with van der Waals surface area (Å²) in [7, 11) is 0. The molecule has 0 bridgehead atoms. The third kappa shape index (κ3) is 3.55. The number of likely N-dealkylation sites (tertiary alicyclic amines) is 1. The number of aromatic nitrogens is 4. The topological polar surface area (TPSA) is 83.9 Å². The van der Waals surface area contributed by atoms with E-state index in [0.717, 1.165) is 41.8 Å². The van der Waals surface area contributed by atoms with Gasteiger partial charge in [-0.2, -0.15) is 10.2 Å². The maximum atomic E-state index is 13.2. The molecular weight excluding hydrogens is 402 g/mol. The van der Waals surface area contributed by atoms with Crippen molar-refractivity contribution >= 4 is 11.7 Å². The molecule has 2 aliphatic rings. The monoisotopic (exact) mass is 431 g/mol. The standard InChI is InChI=1S/C25H29N5O2/c1-24(2,3)30-22-19(16-27-30)14-25(15-21(22)31)8-11-29(12-9-25)23(32)18-6-4-5-17(13-18)20-7-10-26-28-20/h4-7,10,13,16H,8-9,11-12,14-15H2,1-3H3,(H,26,28). The van der Waals surface area contributed by atoms with Gasteiger partial charge in [-0.3, -0.25) is 19.4 Å². The Hall–Kier alpha value is -3.22. The number of H-pyrrole nitrogens is 1. The lowest BCUT2D eigenvalue weighted by Crippen LogP contribution is -2.46. The Bertz CT molecular complexity index is 1160. The Labute approximate surface area is 187 Å². The summed E-state index contributed by atoms with van der Waals surface area (Å²) >= 11 is 0. The third-order valence-electron chi connectivity index (χ3n) is 6.88. The van der Waals surface area contributed by atoms with Crippen molar-refractivity contribution in [3.8, 4) is 11.3 Å². The number of rotatable bonds is 2. The molecule has 0 unspecified atom stereocenters. The number of hydrogen-bond donors (Lipinski definition) is 1. The molecule has 3 aromatic rings. The lowest BCUT2D eigenvalue weighted by molar-refractivity contribution is 0.0515. The fourth-order valence-electron chi connectivity index (χ4n) is 5.17. The minimum Gasteiger partial charge on any atom is -0.339 e. The summed E-state index contributed by atoms with van der Waals surface area (Å²) in [4.78, 5) is 28.2. The minimum atomic E-state index is -0.214. The van der Waals surface area contributed by atoms with Gasteiger partial charge in [-0.25, -0.2) is 0 Å². The molecule has 1 aliphatic carbocycles. The van der Waals surface area contributed by atoms with E-state index >= 15 is 0 Å². The molecule has 0 radical (unpaired) electrons. The number of benzene rings is 1. The van der Waals surface area contributed by atoms with Crippen molar-refractivity contribution in [2.24, 2.45) is 5.41 Å². The summed E-state index contributed by atoms with van der Waals surface area (Å²) in [5, 5.41) is 11.5. The fraction of sp³-hybridized carbons (Fsp3) is 0.440. The Kier molecular flexibility index (Phi) is 4.80. The van der Waals surface area contributed by atoms with Crippen LogP contribution in [0.25, 0.3) is 11.3 Å². The number of ketones is 1. The van der Waals surface area contributed by atoms with Gasteiger partial charge in [0.05, 0.1) is 17.4 Å². The van der Waals surface area contributed by atoms with Crippen LogP contribution in [-0.2, 0) is 12.0 Å². The summed E-state index contributed by atoms with van der Waals surface area (Å²) in [5.41, 5.74) is 4.08. The number of nitrogens with zero attached hydrogens (tertiary/aromatic N) is 4. The molecule has 7 heteroatoms. The fourth-order valence-corrected chi connectivity index (χ4v) is 5.17. The number of carbonyl (C=O) groups excluding carboxylic acids is 2. The van der Waals surface area contributed by atoms with Crippen molar-refractivity contribution in [3.63, 3.8) is 0 Å². The first-order valence-corrected chi connectivity index (χ1v) is 11.3. The van der Waals surface area contributed by atoms with Gasteiger partial charge >= 0.3 is 0 Å². The molecule has 1 saturated heterocycles. The quantitative estimate of drug-likeness (QED) is 0.663. The average Bonchev–Trinajstić information content (AvgIpc) is 3.44. The lowest BCUT2D eigenvalue weighted by atomic mass is 9.67. The molecule has 1 N–H and O–H groups in total. The van der Waals surface area contributed by atoms with Gasteiger partial charge < -0.3 is 4.90 Å². The average molecular weight is 432 g/mol. The van der Waals surface area contributed by atoms with Crippen molar-refractivity contribution < 1.29 is 9.59 Å². The largest absolute Gasteiger partial charge is 0.339 e. The molecular formula is C25H29N5O2. The van der Waals surface area contributed by atoms with Crippen LogP contribution >= 0.6 is 0 Å². The third-order valence-corrected chi connectivity index (χ3v) is 6.88. The van der Waals surface area contributed by atoms with Crippen LogP contribution in [0.4, 0.5) is 0 Å². The van der Waals surface area contributed by atoms with E-state index in [1.807, 2.05) is 46.1 Å². The number of amides is 1. The van der Waals surface area contributed by atoms with E-state index in [4.69, 9.17) is 0 Å². The highest BCUT2D eigenvalue weighted by Crippen LogP contribution is 2.44. The maximum Gasteiger partial charge on any atom is 0.253 e. The molecule has 166 valence electrons. The first kappa shape index (κ1) is 20.7. The number of fused-ring (bicyclic) bond motifs is 1. The number of carbonyl (C=O) groups is 2.